The van der Waals surface area contributed by atoms with Crippen molar-refractivity contribution in [3.63, 3.8) is 0 Å². The Labute approximate surface area is 129 Å². The van der Waals surface area contributed by atoms with Crippen LogP contribution < -0.4 is 5.32 Å². The number of carbonyl (C=O) groups excluding carboxylic acids is 1. The average molecular weight is 329 g/mol. The van der Waals surface area contributed by atoms with E-state index in [1.807, 2.05) is 6.92 Å². The molecule has 22 heavy (non-hydrogen) atoms. The second kappa shape index (κ2) is 6.43. The van der Waals surface area contributed by atoms with Crippen molar-refractivity contribution in [1.82, 2.24) is 15.3 Å². The van der Waals surface area contributed by atoms with Crippen molar-refractivity contribution in [1.29, 1.82) is 0 Å². The highest BCUT2D eigenvalue weighted by Gasteiger charge is 2.33. The standard InChI is InChI=1S/C14H14F3N3OS/c1-8-7-19-12(22-8)5-6-18-13(21)10-3-4-11(14(15,16)17)20-9(10)2/h3-4,7H,5-6H2,1-2H3,(H,18,21). The van der Waals surface area contributed by atoms with Gasteiger partial charge in [-0.3, -0.25) is 4.79 Å². The number of hydrogen-bond acceptors (Lipinski definition) is 4. The van der Waals surface area contributed by atoms with Gasteiger partial charge in [0, 0.05) is 24.0 Å². The first-order valence-electron chi connectivity index (χ1n) is 6.51. The molecule has 0 saturated carbocycles. The summed E-state index contributed by atoms with van der Waals surface area (Å²) in [5, 5.41) is 3.57. The van der Waals surface area contributed by atoms with E-state index in [-0.39, 0.29) is 11.3 Å². The van der Waals surface area contributed by atoms with Gasteiger partial charge in [-0.05, 0) is 26.0 Å². The Morgan fingerprint density at radius 1 is 1.32 bits per heavy atom. The van der Waals surface area contributed by atoms with Crippen molar-refractivity contribution in [2.24, 2.45) is 0 Å². The second-order valence-electron chi connectivity index (χ2n) is 4.70. The highest BCUT2D eigenvalue weighted by Crippen LogP contribution is 2.28. The van der Waals surface area contributed by atoms with Gasteiger partial charge in [0.05, 0.1) is 16.3 Å². The van der Waals surface area contributed by atoms with Crippen LogP contribution in [0.4, 0.5) is 13.2 Å². The van der Waals surface area contributed by atoms with E-state index in [9.17, 15) is 18.0 Å². The van der Waals surface area contributed by atoms with Crippen LogP contribution >= 0.6 is 11.3 Å². The van der Waals surface area contributed by atoms with E-state index in [2.05, 4.69) is 15.3 Å². The Kier molecular flexibility index (Phi) is 4.80. The molecule has 1 amide bonds. The van der Waals surface area contributed by atoms with Gasteiger partial charge >= 0.3 is 6.18 Å². The van der Waals surface area contributed by atoms with Gasteiger partial charge in [0.25, 0.3) is 5.91 Å². The van der Waals surface area contributed by atoms with Gasteiger partial charge in [-0.15, -0.1) is 11.3 Å². The Balaban J connectivity index is 1.97. The number of aryl methyl sites for hydroxylation is 2. The molecule has 0 aliphatic carbocycles. The van der Waals surface area contributed by atoms with Crippen LogP contribution in [0.3, 0.4) is 0 Å². The Bertz CT molecular complexity index is 682. The summed E-state index contributed by atoms with van der Waals surface area (Å²) in [6.45, 7) is 3.69. The number of carbonyl (C=O) groups is 1. The minimum atomic E-state index is -4.51. The predicted molar refractivity (Wildman–Crippen MR) is 76.9 cm³/mol. The molecule has 0 spiro atoms. The number of rotatable bonds is 4. The summed E-state index contributed by atoms with van der Waals surface area (Å²) in [5.41, 5.74) is -0.805. The fourth-order valence-corrected chi connectivity index (χ4v) is 2.64. The maximum atomic E-state index is 12.5. The quantitative estimate of drug-likeness (QED) is 0.937. The molecule has 4 nitrogen and oxygen atoms in total. The van der Waals surface area contributed by atoms with Crippen molar-refractivity contribution < 1.29 is 18.0 Å². The lowest BCUT2D eigenvalue weighted by Gasteiger charge is -2.10. The second-order valence-corrected chi connectivity index (χ2v) is 6.02. The number of amides is 1. The summed E-state index contributed by atoms with van der Waals surface area (Å²) in [6.07, 6.45) is -2.18. The average Bonchev–Trinajstić information content (AvgIpc) is 2.83. The van der Waals surface area contributed by atoms with Crippen LogP contribution in [0.15, 0.2) is 18.3 Å². The topological polar surface area (TPSA) is 54.9 Å². The zero-order chi connectivity index (χ0) is 16.3. The highest BCUT2D eigenvalue weighted by atomic mass is 32.1. The minimum Gasteiger partial charge on any atom is -0.352 e. The number of thiazole rings is 1. The summed E-state index contributed by atoms with van der Waals surface area (Å²) in [4.78, 5) is 20.7. The normalized spacial score (nSPS) is 11.5. The van der Waals surface area contributed by atoms with E-state index in [1.54, 1.807) is 17.5 Å². The zero-order valence-electron chi connectivity index (χ0n) is 12.0. The molecule has 0 bridgehead atoms. The number of halogens is 3. The van der Waals surface area contributed by atoms with Crippen molar-refractivity contribution in [2.75, 3.05) is 6.54 Å². The van der Waals surface area contributed by atoms with E-state index in [0.29, 0.717) is 13.0 Å². The molecule has 2 aromatic rings. The number of pyridine rings is 1. The summed E-state index contributed by atoms with van der Waals surface area (Å²) < 4.78 is 37.6. The van der Waals surface area contributed by atoms with Crippen LogP contribution in [-0.2, 0) is 12.6 Å². The number of aromatic nitrogens is 2. The molecule has 2 rings (SSSR count). The number of alkyl halides is 3. The molecule has 0 saturated heterocycles. The number of hydrogen-bond donors (Lipinski definition) is 1. The third-order valence-corrected chi connectivity index (χ3v) is 3.89. The summed E-state index contributed by atoms with van der Waals surface area (Å²) in [6, 6.07) is 1.96. The monoisotopic (exact) mass is 329 g/mol. The molecule has 1 N–H and O–H groups in total. The molecule has 118 valence electrons. The van der Waals surface area contributed by atoms with Gasteiger partial charge in [-0.25, -0.2) is 9.97 Å². The maximum absolute atomic E-state index is 12.5. The van der Waals surface area contributed by atoms with E-state index in [4.69, 9.17) is 0 Å². The van der Waals surface area contributed by atoms with E-state index in [0.717, 1.165) is 22.0 Å². The fraction of sp³-hybridized carbons (Fsp3) is 0.357. The molecule has 0 atom stereocenters. The molecule has 0 aliphatic heterocycles. The lowest BCUT2D eigenvalue weighted by molar-refractivity contribution is -0.141. The Morgan fingerprint density at radius 3 is 2.59 bits per heavy atom. The minimum absolute atomic E-state index is 0.0532. The molecule has 2 heterocycles. The Hall–Kier alpha value is -1.96. The summed E-state index contributed by atoms with van der Waals surface area (Å²) >= 11 is 1.54. The van der Waals surface area contributed by atoms with Crippen LogP contribution in [0.25, 0.3) is 0 Å². The van der Waals surface area contributed by atoms with Crippen LogP contribution in [0.1, 0.15) is 31.6 Å². The first kappa shape index (κ1) is 16.4. The summed E-state index contributed by atoms with van der Waals surface area (Å²) in [5.74, 6) is -0.438. The van der Waals surface area contributed by atoms with E-state index < -0.39 is 17.8 Å². The van der Waals surface area contributed by atoms with Crippen molar-refractivity contribution in [3.8, 4) is 0 Å². The summed E-state index contributed by atoms with van der Waals surface area (Å²) in [7, 11) is 0. The highest BCUT2D eigenvalue weighted by molar-refractivity contribution is 7.11. The van der Waals surface area contributed by atoms with Gasteiger partial charge in [0.15, 0.2) is 0 Å². The molecular formula is C14H14F3N3OS. The molecule has 0 unspecified atom stereocenters. The third-order valence-electron chi connectivity index (χ3n) is 2.91. The van der Waals surface area contributed by atoms with Crippen LogP contribution in [0.2, 0.25) is 0 Å². The van der Waals surface area contributed by atoms with Crippen LogP contribution in [0.5, 0.6) is 0 Å². The van der Waals surface area contributed by atoms with E-state index >= 15 is 0 Å². The van der Waals surface area contributed by atoms with Crippen molar-refractivity contribution in [2.45, 2.75) is 26.4 Å². The van der Waals surface area contributed by atoms with Crippen molar-refractivity contribution >= 4 is 17.2 Å². The molecule has 2 aromatic heterocycles. The fourth-order valence-electron chi connectivity index (χ4n) is 1.85. The molecule has 0 fully saturated rings. The van der Waals surface area contributed by atoms with Crippen molar-refractivity contribution in [3.05, 3.63) is 45.2 Å². The molecule has 8 heteroatoms. The zero-order valence-corrected chi connectivity index (χ0v) is 12.8. The van der Waals surface area contributed by atoms with Gasteiger partial charge in [0.1, 0.15) is 5.69 Å². The molecule has 0 aromatic carbocycles. The smallest absolute Gasteiger partial charge is 0.352 e. The molecular weight excluding hydrogens is 315 g/mol. The van der Waals surface area contributed by atoms with E-state index in [1.165, 1.54) is 6.92 Å². The predicted octanol–water partition coefficient (Wildman–Crippen LogP) is 3.15. The van der Waals surface area contributed by atoms with Crippen LogP contribution in [0, 0.1) is 13.8 Å². The van der Waals surface area contributed by atoms with Gasteiger partial charge in [-0.2, -0.15) is 13.2 Å². The third kappa shape index (κ3) is 4.03. The number of nitrogens with one attached hydrogen (secondary N) is 1. The number of nitrogens with zero attached hydrogens (tertiary/aromatic N) is 2. The van der Waals surface area contributed by atoms with Gasteiger partial charge in [-0.1, -0.05) is 0 Å². The molecule has 0 radical (unpaired) electrons. The maximum Gasteiger partial charge on any atom is 0.433 e. The lowest BCUT2D eigenvalue weighted by Crippen LogP contribution is -2.27. The van der Waals surface area contributed by atoms with Gasteiger partial charge < -0.3 is 5.32 Å². The SMILES string of the molecule is Cc1cnc(CCNC(=O)c2ccc(C(F)(F)F)nc2C)s1. The van der Waals surface area contributed by atoms with Crippen LogP contribution in [-0.4, -0.2) is 22.4 Å². The first-order chi connectivity index (χ1) is 10.3. The van der Waals surface area contributed by atoms with Gasteiger partial charge in [0.2, 0.25) is 0 Å². The lowest BCUT2D eigenvalue weighted by atomic mass is 10.1. The largest absolute Gasteiger partial charge is 0.433 e. The molecule has 0 aliphatic rings. The Morgan fingerprint density at radius 2 is 2.05 bits per heavy atom. The first-order valence-corrected chi connectivity index (χ1v) is 7.33.